The van der Waals surface area contributed by atoms with Crippen LogP contribution in [0.2, 0.25) is 6.32 Å². The van der Waals surface area contributed by atoms with Crippen molar-refractivity contribution in [1.82, 2.24) is 13.9 Å². The molecule has 2 aliphatic heterocycles. The molecule has 2 fully saturated rings. The summed E-state index contributed by atoms with van der Waals surface area (Å²) in [5, 5.41) is 30.6. The average molecular weight is 392 g/mol. The summed E-state index contributed by atoms with van der Waals surface area (Å²) in [4.78, 5) is 11.7. The largest absolute Gasteiger partial charge is 0.480 e. The topological polar surface area (TPSA) is 156 Å². The average Bonchev–Trinajstić information content (AvgIpc) is 2.94. The normalized spacial score (nSPS) is 30.7. The summed E-state index contributed by atoms with van der Waals surface area (Å²) in [6.45, 7) is 1.14. The van der Waals surface area contributed by atoms with Crippen molar-refractivity contribution in [3.63, 3.8) is 0 Å². The van der Waals surface area contributed by atoms with Crippen LogP contribution in [-0.4, -0.2) is 90.1 Å². The number of hydrogen-bond donors (Lipinski definition) is 5. The van der Waals surface area contributed by atoms with Gasteiger partial charge in [-0.05, 0) is 32.1 Å². The minimum atomic E-state index is -3.83. The zero-order chi connectivity index (χ0) is 19.5. The number of nitrogens with one attached hydrogen (secondary N) is 1. The van der Waals surface area contributed by atoms with Gasteiger partial charge in [0.25, 0.3) is 10.2 Å². The van der Waals surface area contributed by atoms with Gasteiger partial charge in [-0.1, -0.05) is 6.42 Å². The number of nitrogens with zero attached hydrogens (tertiary/aromatic N) is 2. The minimum absolute atomic E-state index is 0.0111. The van der Waals surface area contributed by atoms with Gasteiger partial charge in [0.1, 0.15) is 5.54 Å². The first-order chi connectivity index (χ1) is 12.1. The van der Waals surface area contributed by atoms with Crippen molar-refractivity contribution in [3.05, 3.63) is 0 Å². The Morgan fingerprint density at radius 1 is 1.46 bits per heavy atom. The van der Waals surface area contributed by atoms with Crippen LogP contribution in [0.5, 0.6) is 0 Å². The van der Waals surface area contributed by atoms with Crippen molar-refractivity contribution in [2.75, 3.05) is 33.2 Å². The first-order valence-corrected chi connectivity index (χ1v) is 10.3. The minimum Gasteiger partial charge on any atom is -0.480 e. The first kappa shape index (κ1) is 21.5. The fourth-order valence-electron chi connectivity index (χ4n) is 3.72. The van der Waals surface area contributed by atoms with E-state index in [2.05, 4.69) is 5.32 Å². The molecule has 0 bridgehead atoms. The Bertz CT molecular complexity index is 600. The molecule has 0 saturated carbocycles. The molecule has 0 amide bonds. The van der Waals surface area contributed by atoms with Crippen molar-refractivity contribution in [2.24, 2.45) is 11.7 Å². The Balaban J connectivity index is 2.12. The number of piperidine rings is 1. The Hall–Kier alpha value is -0.755. The SMILES string of the molecule is CN(C1CCCNC1)S(=O)(=O)N1C[C@H](CCCB(O)O)[C@](N)(C(=O)O)C1. The van der Waals surface area contributed by atoms with Crippen LogP contribution in [-0.2, 0) is 15.0 Å². The van der Waals surface area contributed by atoms with Crippen LogP contribution >= 0.6 is 0 Å². The maximum atomic E-state index is 13.0. The van der Waals surface area contributed by atoms with Crippen molar-refractivity contribution in [2.45, 2.75) is 43.6 Å². The van der Waals surface area contributed by atoms with Crippen LogP contribution in [0.1, 0.15) is 25.7 Å². The molecule has 0 aromatic rings. The summed E-state index contributed by atoms with van der Waals surface area (Å²) in [5.74, 6) is -1.84. The van der Waals surface area contributed by atoms with Crippen LogP contribution in [0.25, 0.3) is 0 Å². The first-order valence-electron chi connectivity index (χ1n) is 8.91. The smallest absolute Gasteiger partial charge is 0.451 e. The Morgan fingerprint density at radius 2 is 2.15 bits per heavy atom. The van der Waals surface area contributed by atoms with E-state index < -0.39 is 34.8 Å². The standard InChI is InChI=1S/C14H29BN4O6S/c1-18(12-5-3-7-17-8-12)26(24,25)19-9-11(4-2-6-15(22)23)14(16,10-19)13(20)21/h11-12,17,22-23H,2-10,16H2,1H3,(H,20,21)/t11-,12?,14-/m0/s1. The van der Waals surface area contributed by atoms with Gasteiger partial charge in [0, 0.05) is 38.6 Å². The highest BCUT2D eigenvalue weighted by Crippen LogP contribution is 2.33. The fourth-order valence-corrected chi connectivity index (χ4v) is 5.39. The van der Waals surface area contributed by atoms with Gasteiger partial charge in [0.15, 0.2) is 0 Å². The molecule has 0 radical (unpaired) electrons. The predicted octanol–water partition coefficient (Wildman–Crippen LogP) is -2.12. The molecule has 6 N–H and O–H groups in total. The lowest BCUT2D eigenvalue weighted by atomic mass is 9.78. The molecule has 26 heavy (non-hydrogen) atoms. The van der Waals surface area contributed by atoms with Gasteiger partial charge >= 0.3 is 13.1 Å². The summed E-state index contributed by atoms with van der Waals surface area (Å²) in [7, 11) is -3.79. The number of carboxylic acids is 1. The Morgan fingerprint density at radius 3 is 2.69 bits per heavy atom. The van der Waals surface area contributed by atoms with E-state index in [1.807, 2.05) is 0 Å². The second-order valence-electron chi connectivity index (χ2n) is 7.27. The summed E-state index contributed by atoms with van der Waals surface area (Å²) in [6, 6.07) is -0.172. The lowest BCUT2D eigenvalue weighted by molar-refractivity contribution is -0.144. The number of carbonyl (C=O) groups is 1. The molecule has 2 saturated heterocycles. The number of likely N-dealkylation sites (N-methyl/N-ethyl adjacent to an activating group) is 1. The monoisotopic (exact) mass is 392 g/mol. The number of aliphatic carboxylic acids is 1. The van der Waals surface area contributed by atoms with E-state index in [1.165, 1.54) is 11.4 Å². The van der Waals surface area contributed by atoms with Crippen molar-refractivity contribution in [1.29, 1.82) is 0 Å². The van der Waals surface area contributed by atoms with E-state index >= 15 is 0 Å². The third-order valence-electron chi connectivity index (χ3n) is 5.48. The van der Waals surface area contributed by atoms with Crippen LogP contribution in [0.3, 0.4) is 0 Å². The summed E-state index contributed by atoms with van der Waals surface area (Å²) in [5.41, 5.74) is 4.39. The van der Waals surface area contributed by atoms with Gasteiger partial charge in [0.2, 0.25) is 0 Å². The molecule has 0 aromatic carbocycles. The third kappa shape index (κ3) is 4.56. The van der Waals surface area contributed by atoms with E-state index in [1.54, 1.807) is 0 Å². The Kier molecular flexibility index (Phi) is 7.05. The number of rotatable bonds is 8. The quantitative estimate of drug-likeness (QED) is 0.294. The molecule has 2 aliphatic rings. The van der Waals surface area contributed by atoms with Crippen LogP contribution < -0.4 is 11.1 Å². The highest BCUT2D eigenvalue weighted by molar-refractivity contribution is 7.86. The Labute approximate surface area is 154 Å². The molecule has 0 spiro atoms. The third-order valence-corrected chi connectivity index (χ3v) is 7.44. The van der Waals surface area contributed by atoms with Gasteiger partial charge in [-0.25, -0.2) is 0 Å². The van der Waals surface area contributed by atoms with Gasteiger partial charge in [-0.2, -0.15) is 17.0 Å². The van der Waals surface area contributed by atoms with Crippen molar-refractivity contribution >= 4 is 23.3 Å². The van der Waals surface area contributed by atoms with E-state index in [0.717, 1.165) is 23.7 Å². The molecule has 0 aromatic heterocycles. The van der Waals surface area contributed by atoms with Crippen LogP contribution in [0.15, 0.2) is 0 Å². The van der Waals surface area contributed by atoms with Gasteiger partial charge in [-0.3, -0.25) is 4.79 Å². The van der Waals surface area contributed by atoms with E-state index in [0.29, 0.717) is 19.4 Å². The molecule has 2 heterocycles. The second-order valence-corrected chi connectivity index (χ2v) is 9.26. The molecule has 150 valence electrons. The van der Waals surface area contributed by atoms with Crippen molar-refractivity contribution in [3.8, 4) is 0 Å². The van der Waals surface area contributed by atoms with Crippen molar-refractivity contribution < 1.29 is 28.4 Å². The van der Waals surface area contributed by atoms with Crippen LogP contribution in [0, 0.1) is 5.92 Å². The lowest BCUT2D eigenvalue weighted by Crippen LogP contribution is -2.56. The van der Waals surface area contributed by atoms with Gasteiger partial charge in [-0.15, -0.1) is 0 Å². The zero-order valence-corrected chi connectivity index (χ0v) is 15.9. The zero-order valence-electron chi connectivity index (χ0n) is 15.0. The fraction of sp³-hybridized carbons (Fsp3) is 0.929. The molecule has 12 heteroatoms. The van der Waals surface area contributed by atoms with Crippen LogP contribution in [0.4, 0.5) is 0 Å². The molecule has 0 aliphatic carbocycles. The lowest BCUT2D eigenvalue weighted by Gasteiger charge is -2.33. The summed E-state index contributed by atoms with van der Waals surface area (Å²) < 4.78 is 28.4. The van der Waals surface area contributed by atoms with Gasteiger partial charge in [0.05, 0.1) is 0 Å². The molecule has 10 nitrogen and oxygen atoms in total. The predicted molar refractivity (Wildman–Crippen MR) is 96.4 cm³/mol. The van der Waals surface area contributed by atoms with Gasteiger partial charge < -0.3 is 26.2 Å². The highest BCUT2D eigenvalue weighted by Gasteiger charge is 2.53. The number of nitrogens with two attached hydrogens (primary N) is 1. The maximum Gasteiger partial charge on any atom is 0.451 e. The van der Waals surface area contributed by atoms with E-state index in [9.17, 15) is 18.3 Å². The maximum absolute atomic E-state index is 13.0. The molecular formula is C14H29BN4O6S. The summed E-state index contributed by atoms with van der Waals surface area (Å²) >= 11 is 0. The van der Waals surface area contributed by atoms with E-state index in [4.69, 9.17) is 15.8 Å². The number of hydrogen-bond acceptors (Lipinski definition) is 7. The molecule has 1 unspecified atom stereocenters. The second kappa shape index (κ2) is 8.51. The number of carboxylic acid groups (broad SMARTS) is 1. The van der Waals surface area contributed by atoms with E-state index in [-0.39, 0.29) is 25.5 Å². The molecular weight excluding hydrogens is 363 g/mol. The highest BCUT2D eigenvalue weighted by atomic mass is 32.2. The molecule has 3 atom stereocenters. The molecule has 2 rings (SSSR count). The summed E-state index contributed by atoms with van der Waals surface area (Å²) in [6.07, 6.45) is 2.38.